The van der Waals surface area contributed by atoms with Gasteiger partial charge in [-0.1, -0.05) is 60.5 Å². The Morgan fingerprint density at radius 3 is 2.76 bits per heavy atom. The van der Waals surface area contributed by atoms with E-state index < -0.39 is 0 Å². The van der Waals surface area contributed by atoms with E-state index >= 15 is 0 Å². The van der Waals surface area contributed by atoms with Crippen LogP contribution in [0.4, 0.5) is 0 Å². The van der Waals surface area contributed by atoms with Crippen molar-refractivity contribution in [1.82, 2.24) is 5.32 Å². The van der Waals surface area contributed by atoms with Crippen molar-refractivity contribution in [3.05, 3.63) is 69.2 Å². The van der Waals surface area contributed by atoms with Gasteiger partial charge in [0.1, 0.15) is 0 Å². The quantitative estimate of drug-likeness (QED) is 0.759. The Morgan fingerprint density at radius 2 is 2.00 bits per heavy atom. The molecule has 0 bridgehead atoms. The molecule has 0 amide bonds. The second-order valence-corrected chi connectivity index (χ2v) is 6.43. The van der Waals surface area contributed by atoms with Crippen LogP contribution in [0.25, 0.3) is 0 Å². The standard InChI is InChI=1S/C18H19Cl2N/c1-2-17(15-9-8-13(19)11-16(15)20)21-18-10-7-12-5-3-4-6-14(12)18/h3-6,8-9,11,17-18,21H,2,7,10H2,1H3. The third-order valence-corrected chi connectivity index (χ3v) is 4.84. The van der Waals surface area contributed by atoms with Crippen LogP contribution >= 0.6 is 23.2 Å². The third-order valence-electron chi connectivity index (χ3n) is 4.28. The molecule has 2 atom stereocenters. The van der Waals surface area contributed by atoms with Gasteiger partial charge in [-0.3, -0.25) is 0 Å². The fraction of sp³-hybridized carbons (Fsp3) is 0.333. The topological polar surface area (TPSA) is 12.0 Å². The first-order valence-electron chi connectivity index (χ1n) is 7.48. The van der Waals surface area contributed by atoms with Crippen molar-refractivity contribution in [2.75, 3.05) is 0 Å². The van der Waals surface area contributed by atoms with Crippen LogP contribution in [0.3, 0.4) is 0 Å². The van der Waals surface area contributed by atoms with Crippen molar-refractivity contribution in [1.29, 1.82) is 0 Å². The minimum Gasteiger partial charge on any atom is -0.303 e. The summed E-state index contributed by atoms with van der Waals surface area (Å²) < 4.78 is 0. The van der Waals surface area contributed by atoms with Gasteiger partial charge in [0.2, 0.25) is 0 Å². The number of benzene rings is 2. The summed E-state index contributed by atoms with van der Waals surface area (Å²) >= 11 is 12.4. The number of fused-ring (bicyclic) bond motifs is 1. The van der Waals surface area contributed by atoms with Crippen LogP contribution in [0.1, 0.15) is 48.5 Å². The van der Waals surface area contributed by atoms with Gasteiger partial charge in [0, 0.05) is 22.1 Å². The van der Waals surface area contributed by atoms with Gasteiger partial charge in [-0.25, -0.2) is 0 Å². The van der Waals surface area contributed by atoms with Crippen LogP contribution in [-0.2, 0) is 6.42 Å². The van der Waals surface area contributed by atoms with Gasteiger partial charge in [0.25, 0.3) is 0 Å². The summed E-state index contributed by atoms with van der Waals surface area (Å²) in [6, 6.07) is 15.1. The average Bonchev–Trinajstić information content (AvgIpc) is 2.89. The maximum absolute atomic E-state index is 6.36. The smallest absolute Gasteiger partial charge is 0.0468 e. The lowest BCUT2D eigenvalue weighted by atomic mass is 10.0. The minimum atomic E-state index is 0.255. The van der Waals surface area contributed by atoms with Crippen LogP contribution in [0.5, 0.6) is 0 Å². The number of hydrogen-bond donors (Lipinski definition) is 1. The summed E-state index contributed by atoms with van der Waals surface area (Å²) in [6.45, 7) is 2.18. The Kier molecular flexibility index (Phi) is 4.54. The number of halogens is 2. The van der Waals surface area contributed by atoms with Gasteiger partial charge >= 0.3 is 0 Å². The van der Waals surface area contributed by atoms with Crippen LogP contribution in [0.2, 0.25) is 10.0 Å². The maximum atomic E-state index is 6.36. The Labute approximate surface area is 136 Å². The van der Waals surface area contributed by atoms with Gasteiger partial charge in [-0.05, 0) is 48.1 Å². The van der Waals surface area contributed by atoms with Crippen molar-refractivity contribution in [3.8, 4) is 0 Å². The summed E-state index contributed by atoms with van der Waals surface area (Å²) in [4.78, 5) is 0. The highest BCUT2D eigenvalue weighted by Gasteiger charge is 2.25. The average molecular weight is 320 g/mol. The lowest BCUT2D eigenvalue weighted by molar-refractivity contribution is 0.433. The number of rotatable bonds is 4. The largest absolute Gasteiger partial charge is 0.303 e. The van der Waals surface area contributed by atoms with Gasteiger partial charge in [0.15, 0.2) is 0 Å². The number of nitrogens with one attached hydrogen (secondary N) is 1. The highest BCUT2D eigenvalue weighted by molar-refractivity contribution is 6.35. The maximum Gasteiger partial charge on any atom is 0.0468 e. The molecule has 0 spiro atoms. The molecule has 1 nitrogen and oxygen atoms in total. The minimum absolute atomic E-state index is 0.255. The van der Waals surface area contributed by atoms with Crippen molar-refractivity contribution < 1.29 is 0 Å². The molecule has 2 unspecified atom stereocenters. The fourth-order valence-corrected chi connectivity index (χ4v) is 3.72. The lowest BCUT2D eigenvalue weighted by Gasteiger charge is -2.24. The molecule has 2 aromatic carbocycles. The molecular weight excluding hydrogens is 301 g/mol. The van der Waals surface area contributed by atoms with Crippen molar-refractivity contribution in [2.45, 2.75) is 38.3 Å². The first kappa shape index (κ1) is 14.9. The predicted molar refractivity (Wildman–Crippen MR) is 90.1 cm³/mol. The zero-order valence-electron chi connectivity index (χ0n) is 12.1. The van der Waals surface area contributed by atoms with Crippen molar-refractivity contribution in [3.63, 3.8) is 0 Å². The molecule has 21 heavy (non-hydrogen) atoms. The summed E-state index contributed by atoms with van der Waals surface area (Å²) in [5, 5.41) is 5.20. The van der Waals surface area contributed by atoms with Gasteiger partial charge in [-0.15, -0.1) is 0 Å². The number of hydrogen-bond acceptors (Lipinski definition) is 1. The SMILES string of the molecule is CCC(NC1CCc2ccccc21)c1ccc(Cl)cc1Cl. The molecule has 0 aromatic heterocycles. The van der Waals surface area contributed by atoms with E-state index in [1.807, 2.05) is 18.2 Å². The molecule has 0 saturated heterocycles. The Balaban J connectivity index is 1.83. The predicted octanol–water partition coefficient (Wildman–Crippen LogP) is 5.72. The summed E-state index contributed by atoms with van der Waals surface area (Å²) in [5.74, 6) is 0. The van der Waals surface area contributed by atoms with E-state index in [1.54, 1.807) is 0 Å². The fourth-order valence-electron chi connectivity index (χ4n) is 3.18. The molecule has 0 aliphatic heterocycles. The van der Waals surface area contributed by atoms with Crippen LogP contribution in [0, 0.1) is 0 Å². The molecule has 0 fully saturated rings. The molecule has 1 aliphatic carbocycles. The van der Waals surface area contributed by atoms with E-state index in [1.165, 1.54) is 11.1 Å². The highest BCUT2D eigenvalue weighted by atomic mass is 35.5. The Morgan fingerprint density at radius 1 is 1.19 bits per heavy atom. The first-order valence-corrected chi connectivity index (χ1v) is 8.23. The second-order valence-electron chi connectivity index (χ2n) is 5.58. The molecule has 110 valence electrons. The zero-order valence-corrected chi connectivity index (χ0v) is 13.6. The summed E-state index contributed by atoms with van der Waals surface area (Å²) in [6.07, 6.45) is 3.31. The van der Waals surface area contributed by atoms with E-state index in [9.17, 15) is 0 Å². The van der Waals surface area contributed by atoms with Crippen LogP contribution in [0.15, 0.2) is 42.5 Å². The summed E-state index contributed by atoms with van der Waals surface area (Å²) in [7, 11) is 0. The molecule has 1 aliphatic rings. The first-order chi connectivity index (χ1) is 10.2. The molecule has 0 saturated carbocycles. The zero-order chi connectivity index (χ0) is 14.8. The Hall–Kier alpha value is -1.02. The number of aryl methyl sites for hydroxylation is 1. The monoisotopic (exact) mass is 319 g/mol. The van der Waals surface area contributed by atoms with E-state index in [-0.39, 0.29) is 6.04 Å². The molecule has 2 aromatic rings. The van der Waals surface area contributed by atoms with E-state index in [4.69, 9.17) is 23.2 Å². The van der Waals surface area contributed by atoms with Gasteiger partial charge < -0.3 is 5.32 Å². The summed E-state index contributed by atoms with van der Waals surface area (Å²) in [5.41, 5.74) is 4.03. The molecular formula is C18H19Cl2N. The van der Waals surface area contributed by atoms with Gasteiger partial charge in [0.05, 0.1) is 0 Å². The molecule has 0 heterocycles. The lowest BCUT2D eigenvalue weighted by Crippen LogP contribution is -2.25. The van der Waals surface area contributed by atoms with E-state index in [2.05, 4.69) is 36.5 Å². The molecule has 3 heteroatoms. The normalized spacial score (nSPS) is 18.5. The van der Waals surface area contributed by atoms with Crippen LogP contribution < -0.4 is 5.32 Å². The van der Waals surface area contributed by atoms with Crippen LogP contribution in [-0.4, -0.2) is 0 Å². The van der Waals surface area contributed by atoms with Crippen molar-refractivity contribution >= 4 is 23.2 Å². The van der Waals surface area contributed by atoms with Gasteiger partial charge in [-0.2, -0.15) is 0 Å². The highest BCUT2D eigenvalue weighted by Crippen LogP contribution is 2.35. The van der Waals surface area contributed by atoms with E-state index in [0.717, 1.165) is 29.8 Å². The third kappa shape index (κ3) is 3.11. The van der Waals surface area contributed by atoms with Crippen molar-refractivity contribution in [2.24, 2.45) is 0 Å². The molecule has 3 rings (SSSR count). The molecule has 0 radical (unpaired) electrons. The Bertz CT molecular complexity index is 639. The molecule has 1 N–H and O–H groups in total. The second kappa shape index (κ2) is 6.39. The van der Waals surface area contributed by atoms with E-state index in [0.29, 0.717) is 11.1 Å².